The molecule has 0 spiro atoms. The lowest BCUT2D eigenvalue weighted by molar-refractivity contribution is -0.121. The maximum absolute atomic E-state index is 13.3. The van der Waals surface area contributed by atoms with Crippen LogP contribution < -0.4 is 4.90 Å². The van der Waals surface area contributed by atoms with Gasteiger partial charge in [-0.05, 0) is 46.1 Å². The van der Waals surface area contributed by atoms with Crippen molar-refractivity contribution in [1.29, 1.82) is 0 Å². The Morgan fingerprint density at radius 3 is 2.15 bits per heavy atom. The number of amides is 1. The number of para-hydroxylation sites is 1. The van der Waals surface area contributed by atoms with Crippen molar-refractivity contribution in [2.45, 2.75) is 65.7 Å². The Morgan fingerprint density at radius 1 is 0.885 bits per heavy atom. The van der Waals surface area contributed by atoms with Crippen molar-refractivity contribution < 1.29 is 4.79 Å². The third kappa shape index (κ3) is 3.30. The summed E-state index contributed by atoms with van der Waals surface area (Å²) in [5.41, 5.74) is 5.78. The molecule has 0 unspecified atom stereocenters. The highest BCUT2D eigenvalue weighted by Gasteiger charge is 2.34. The summed E-state index contributed by atoms with van der Waals surface area (Å²) < 4.78 is 0. The average molecular weight is 350 g/mol. The summed E-state index contributed by atoms with van der Waals surface area (Å²) in [6, 6.07) is 15.0. The van der Waals surface area contributed by atoms with Crippen molar-refractivity contribution in [3.05, 3.63) is 59.2 Å². The number of benzene rings is 2. The van der Waals surface area contributed by atoms with Gasteiger partial charge in [0.1, 0.15) is 0 Å². The first-order valence-electron chi connectivity index (χ1n) is 9.57. The molecular formula is C24H31NO. The molecule has 2 heteroatoms. The number of rotatable bonds is 1. The van der Waals surface area contributed by atoms with Gasteiger partial charge in [0.2, 0.25) is 5.91 Å². The number of carbonyl (C=O) groups excluding carboxylic acids is 1. The maximum Gasteiger partial charge on any atom is 0.234 e. The largest absolute Gasteiger partial charge is 0.280 e. The van der Waals surface area contributed by atoms with E-state index in [0.717, 1.165) is 17.8 Å². The Labute approximate surface area is 158 Å². The van der Waals surface area contributed by atoms with Crippen molar-refractivity contribution in [2.75, 3.05) is 4.90 Å². The number of hydrogen-bond donors (Lipinski definition) is 0. The van der Waals surface area contributed by atoms with Crippen LogP contribution in [0.3, 0.4) is 0 Å². The minimum atomic E-state index is -0.0400. The van der Waals surface area contributed by atoms with E-state index >= 15 is 0 Å². The standard InChI is InChI=1S/C24H31NO/c1-16-14-17-10-8-9-11-20(17)25(22(16)26)21-15-18(23(2,3)4)12-13-19(21)24(5,6)7/h8-13,15-16H,14H2,1-7H3/t16-/m0/s1. The van der Waals surface area contributed by atoms with Gasteiger partial charge in [-0.3, -0.25) is 9.69 Å². The van der Waals surface area contributed by atoms with Gasteiger partial charge in [0.25, 0.3) is 0 Å². The van der Waals surface area contributed by atoms with Crippen molar-refractivity contribution in [2.24, 2.45) is 5.92 Å². The van der Waals surface area contributed by atoms with Crippen LogP contribution in [0.5, 0.6) is 0 Å². The van der Waals surface area contributed by atoms with Crippen LogP contribution in [0.2, 0.25) is 0 Å². The molecule has 0 saturated heterocycles. The molecule has 1 heterocycles. The van der Waals surface area contributed by atoms with Crippen molar-refractivity contribution >= 4 is 17.3 Å². The number of carbonyl (C=O) groups is 1. The van der Waals surface area contributed by atoms with E-state index in [1.165, 1.54) is 16.7 Å². The quantitative estimate of drug-likeness (QED) is 0.605. The van der Waals surface area contributed by atoms with Crippen molar-refractivity contribution in [1.82, 2.24) is 0 Å². The van der Waals surface area contributed by atoms with Crippen LogP contribution in [-0.4, -0.2) is 5.91 Å². The second-order valence-electron chi connectivity index (χ2n) is 9.64. The molecule has 2 aromatic rings. The zero-order valence-corrected chi connectivity index (χ0v) is 17.2. The lowest BCUT2D eigenvalue weighted by Crippen LogP contribution is -2.38. The first kappa shape index (κ1) is 18.7. The van der Waals surface area contributed by atoms with Crippen LogP contribution in [-0.2, 0) is 22.0 Å². The molecule has 138 valence electrons. The van der Waals surface area contributed by atoms with E-state index in [9.17, 15) is 4.79 Å². The zero-order chi connectivity index (χ0) is 19.3. The molecule has 0 N–H and O–H groups in total. The van der Waals surface area contributed by atoms with Gasteiger partial charge in [-0.1, -0.05) is 78.8 Å². The summed E-state index contributed by atoms with van der Waals surface area (Å²) in [4.78, 5) is 15.2. The van der Waals surface area contributed by atoms with Gasteiger partial charge in [-0.2, -0.15) is 0 Å². The highest BCUT2D eigenvalue weighted by molar-refractivity contribution is 6.05. The number of anilines is 2. The van der Waals surface area contributed by atoms with Crippen LogP contribution in [0.1, 0.15) is 65.2 Å². The minimum Gasteiger partial charge on any atom is -0.280 e. The molecule has 0 aromatic heterocycles. The van der Waals surface area contributed by atoms with E-state index in [2.05, 4.69) is 77.9 Å². The SMILES string of the molecule is C[C@H]1Cc2ccccc2N(c2cc(C(C)(C)C)ccc2C(C)(C)C)C1=O. The fraction of sp³-hybridized carbons (Fsp3) is 0.458. The number of fused-ring (bicyclic) bond motifs is 1. The third-order valence-corrected chi connectivity index (χ3v) is 5.31. The molecule has 26 heavy (non-hydrogen) atoms. The van der Waals surface area contributed by atoms with Crippen molar-refractivity contribution in [3.63, 3.8) is 0 Å². The molecule has 3 rings (SSSR count). The molecule has 1 aliphatic heterocycles. The fourth-order valence-corrected chi connectivity index (χ4v) is 3.72. The molecular weight excluding hydrogens is 318 g/mol. The van der Waals surface area contributed by atoms with Gasteiger partial charge in [0.05, 0.1) is 11.4 Å². The molecule has 1 amide bonds. The van der Waals surface area contributed by atoms with E-state index < -0.39 is 0 Å². The topological polar surface area (TPSA) is 20.3 Å². The first-order chi connectivity index (χ1) is 12.0. The van der Waals surface area contributed by atoms with Gasteiger partial charge in [-0.25, -0.2) is 0 Å². The predicted molar refractivity (Wildman–Crippen MR) is 110 cm³/mol. The molecule has 2 aromatic carbocycles. The second kappa shape index (κ2) is 6.26. The summed E-state index contributed by atoms with van der Waals surface area (Å²) in [6.45, 7) is 15.3. The third-order valence-electron chi connectivity index (χ3n) is 5.31. The molecule has 0 fully saturated rings. The van der Waals surface area contributed by atoms with Gasteiger partial charge < -0.3 is 0 Å². The van der Waals surface area contributed by atoms with E-state index in [-0.39, 0.29) is 22.7 Å². The van der Waals surface area contributed by atoms with Gasteiger partial charge in [0.15, 0.2) is 0 Å². The van der Waals surface area contributed by atoms with E-state index in [1.54, 1.807) is 0 Å². The highest BCUT2D eigenvalue weighted by Crippen LogP contribution is 2.42. The molecule has 2 nitrogen and oxygen atoms in total. The molecule has 1 aliphatic rings. The Balaban J connectivity index is 2.29. The molecule has 0 radical (unpaired) electrons. The predicted octanol–water partition coefficient (Wildman–Crippen LogP) is 6.14. The lowest BCUT2D eigenvalue weighted by atomic mass is 9.80. The Bertz CT molecular complexity index is 836. The molecule has 0 aliphatic carbocycles. The van der Waals surface area contributed by atoms with Crippen LogP contribution in [0, 0.1) is 5.92 Å². The van der Waals surface area contributed by atoms with Crippen LogP contribution in [0.4, 0.5) is 11.4 Å². The van der Waals surface area contributed by atoms with Gasteiger partial charge >= 0.3 is 0 Å². The Hall–Kier alpha value is -2.09. The second-order valence-corrected chi connectivity index (χ2v) is 9.64. The smallest absolute Gasteiger partial charge is 0.234 e. The van der Waals surface area contributed by atoms with Crippen LogP contribution in [0.15, 0.2) is 42.5 Å². The summed E-state index contributed by atoms with van der Waals surface area (Å²) in [5, 5.41) is 0. The summed E-state index contributed by atoms with van der Waals surface area (Å²) in [6.07, 6.45) is 0.815. The molecule has 0 saturated carbocycles. The van der Waals surface area contributed by atoms with Crippen LogP contribution in [0.25, 0.3) is 0 Å². The molecule has 1 atom stereocenters. The van der Waals surface area contributed by atoms with Crippen LogP contribution >= 0.6 is 0 Å². The normalized spacial score (nSPS) is 18.0. The van der Waals surface area contributed by atoms with Gasteiger partial charge in [-0.15, -0.1) is 0 Å². The van der Waals surface area contributed by atoms with E-state index in [4.69, 9.17) is 0 Å². The summed E-state index contributed by atoms with van der Waals surface area (Å²) >= 11 is 0. The Morgan fingerprint density at radius 2 is 1.54 bits per heavy atom. The number of hydrogen-bond acceptors (Lipinski definition) is 1. The van der Waals surface area contributed by atoms with Crippen molar-refractivity contribution in [3.8, 4) is 0 Å². The molecule has 0 bridgehead atoms. The maximum atomic E-state index is 13.3. The monoisotopic (exact) mass is 349 g/mol. The highest BCUT2D eigenvalue weighted by atomic mass is 16.2. The number of nitrogens with zero attached hydrogens (tertiary/aromatic N) is 1. The average Bonchev–Trinajstić information content (AvgIpc) is 2.54. The van der Waals surface area contributed by atoms with E-state index in [0.29, 0.717) is 0 Å². The lowest BCUT2D eigenvalue weighted by Gasteiger charge is -2.37. The minimum absolute atomic E-state index is 0.00369. The van der Waals surface area contributed by atoms with E-state index in [1.807, 2.05) is 17.9 Å². The Kier molecular flexibility index (Phi) is 4.50. The summed E-state index contributed by atoms with van der Waals surface area (Å²) in [7, 11) is 0. The fourth-order valence-electron chi connectivity index (χ4n) is 3.72. The first-order valence-corrected chi connectivity index (χ1v) is 9.57. The summed E-state index contributed by atoms with van der Waals surface area (Å²) in [5.74, 6) is 0.191. The zero-order valence-electron chi connectivity index (χ0n) is 17.2. The van der Waals surface area contributed by atoms with Gasteiger partial charge in [0, 0.05) is 5.92 Å².